The summed E-state index contributed by atoms with van der Waals surface area (Å²) in [5, 5.41) is 9.22. The number of benzene rings is 1. The number of nitrogens with zero attached hydrogens (tertiary/aromatic N) is 6. The van der Waals surface area contributed by atoms with Crippen LogP contribution in [0.3, 0.4) is 0 Å². The van der Waals surface area contributed by atoms with Crippen molar-refractivity contribution in [1.82, 2.24) is 29.9 Å². The standard InChI is InChI=1S/C19H15F3N6/c1-12-10-17(19(20,21)22)25-18(24-12)7-9-28-11-16(26-27-28)14-6-8-23-15-5-3-2-4-13(14)15/h2-6,8,10-11H,7,9H2,1H3. The van der Waals surface area contributed by atoms with Crippen molar-refractivity contribution < 1.29 is 13.2 Å². The lowest BCUT2D eigenvalue weighted by Crippen LogP contribution is -2.13. The predicted molar refractivity (Wildman–Crippen MR) is 96.2 cm³/mol. The van der Waals surface area contributed by atoms with Crippen molar-refractivity contribution in [3.63, 3.8) is 0 Å². The minimum Gasteiger partial charge on any atom is -0.256 e. The zero-order valence-electron chi connectivity index (χ0n) is 14.9. The van der Waals surface area contributed by atoms with Crippen molar-refractivity contribution in [2.24, 2.45) is 0 Å². The second kappa shape index (κ2) is 6.99. The van der Waals surface area contributed by atoms with E-state index in [2.05, 4.69) is 25.3 Å². The van der Waals surface area contributed by atoms with E-state index in [1.54, 1.807) is 17.1 Å². The van der Waals surface area contributed by atoms with Gasteiger partial charge in [0, 0.05) is 35.8 Å². The van der Waals surface area contributed by atoms with E-state index in [-0.39, 0.29) is 17.9 Å². The summed E-state index contributed by atoms with van der Waals surface area (Å²) in [7, 11) is 0. The third kappa shape index (κ3) is 3.68. The molecule has 4 aromatic rings. The first-order valence-electron chi connectivity index (χ1n) is 8.56. The molecule has 1 aromatic carbocycles. The number of para-hydroxylation sites is 1. The Morgan fingerprint density at radius 2 is 1.89 bits per heavy atom. The Hall–Kier alpha value is -3.36. The maximum absolute atomic E-state index is 12.9. The van der Waals surface area contributed by atoms with Crippen LogP contribution in [-0.4, -0.2) is 29.9 Å². The fourth-order valence-electron chi connectivity index (χ4n) is 2.95. The van der Waals surface area contributed by atoms with Crippen LogP contribution >= 0.6 is 0 Å². The van der Waals surface area contributed by atoms with E-state index in [9.17, 15) is 13.2 Å². The molecule has 3 heterocycles. The van der Waals surface area contributed by atoms with E-state index < -0.39 is 11.9 Å². The van der Waals surface area contributed by atoms with Crippen LogP contribution in [0.15, 0.2) is 48.8 Å². The van der Waals surface area contributed by atoms with Gasteiger partial charge in [-0.1, -0.05) is 23.4 Å². The zero-order chi connectivity index (χ0) is 19.7. The second-order valence-electron chi connectivity index (χ2n) is 6.30. The molecule has 0 amide bonds. The Morgan fingerprint density at radius 3 is 2.71 bits per heavy atom. The molecule has 9 heteroatoms. The van der Waals surface area contributed by atoms with Gasteiger partial charge in [0.2, 0.25) is 0 Å². The third-order valence-electron chi connectivity index (χ3n) is 4.22. The van der Waals surface area contributed by atoms with Gasteiger partial charge in [0.05, 0.1) is 11.7 Å². The fourth-order valence-corrected chi connectivity index (χ4v) is 2.95. The second-order valence-corrected chi connectivity index (χ2v) is 6.30. The molecule has 28 heavy (non-hydrogen) atoms. The number of rotatable bonds is 4. The number of fused-ring (bicyclic) bond motifs is 1. The number of alkyl halides is 3. The molecule has 0 unspecified atom stereocenters. The van der Waals surface area contributed by atoms with Crippen LogP contribution in [0.1, 0.15) is 17.2 Å². The van der Waals surface area contributed by atoms with Gasteiger partial charge in [0.15, 0.2) is 0 Å². The Kier molecular flexibility index (Phi) is 4.50. The molecule has 4 rings (SSSR count). The van der Waals surface area contributed by atoms with Crippen LogP contribution < -0.4 is 0 Å². The highest BCUT2D eigenvalue weighted by Crippen LogP contribution is 2.28. The van der Waals surface area contributed by atoms with E-state index in [4.69, 9.17) is 0 Å². The summed E-state index contributed by atoms with van der Waals surface area (Å²) in [6, 6.07) is 10.5. The molecule has 0 spiro atoms. The lowest BCUT2D eigenvalue weighted by atomic mass is 10.1. The van der Waals surface area contributed by atoms with Crippen molar-refractivity contribution >= 4 is 10.9 Å². The molecule has 0 atom stereocenters. The van der Waals surface area contributed by atoms with Crippen LogP contribution in [0.25, 0.3) is 22.2 Å². The Bertz CT molecular complexity index is 1130. The van der Waals surface area contributed by atoms with Crippen LogP contribution in [0, 0.1) is 6.92 Å². The van der Waals surface area contributed by atoms with Gasteiger partial charge in [-0.05, 0) is 25.1 Å². The van der Waals surface area contributed by atoms with Gasteiger partial charge in [-0.25, -0.2) is 9.97 Å². The molecule has 0 aliphatic heterocycles. The van der Waals surface area contributed by atoms with E-state index in [1.165, 1.54) is 6.92 Å². The molecule has 0 aliphatic rings. The zero-order valence-corrected chi connectivity index (χ0v) is 14.9. The maximum atomic E-state index is 12.9. The van der Waals surface area contributed by atoms with E-state index in [1.807, 2.05) is 30.3 Å². The van der Waals surface area contributed by atoms with Crippen molar-refractivity contribution in [1.29, 1.82) is 0 Å². The molecule has 142 valence electrons. The van der Waals surface area contributed by atoms with Gasteiger partial charge in [0.25, 0.3) is 0 Å². The lowest BCUT2D eigenvalue weighted by molar-refractivity contribution is -0.141. The third-order valence-corrected chi connectivity index (χ3v) is 4.22. The van der Waals surface area contributed by atoms with Crippen molar-refractivity contribution in [3.05, 3.63) is 66.0 Å². The van der Waals surface area contributed by atoms with Gasteiger partial charge < -0.3 is 0 Å². The molecule has 0 saturated heterocycles. The van der Waals surface area contributed by atoms with E-state index in [0.29, 0.717) is 12.2 Å². The molecule has 0 fully saturated rings. The normalized spacial score (nSPS) is 11.9. The monoisotopic (exact) mass is 384 g/mol. The number of halogens is 3. The summed E-state index contributed by atoms with van der Waals surface area (Å²) in [6.07, 6.45) is -0.825. The summed E-state index contributed by atoms with van der Waals surface area (Å²) in [6.45, 7) is 1.83. The maximum Gasteiger partial charge on any atom is 0.433 e. The Labute approximate surface area is 158 Å². The minimum absolute atomic E-state index is 0.124. The van der Waals surface area contributed by atoms with Crippen molar-refractivity contribution in [2.45, 2.75) is 26.1 Å². The topological polar surface area (TPSA) is 69.4 Å². The van der Waals surface area contributed by atoms with Gasteiger partial charge in [-0.15, -0.1) is 5.10 Å². The van der Waals surface area contributed by atoms with Crippen LogP contribution in [-0.2, 0) is 19.1 Å². The van der Waals surface area contributed by atoms with Crippen LogP contribution in [0.4, 0.5) is 13.2 Å². The molecule has 0 aliphatic carbocycles. The number of hydrogen-bond donors (Lipinski definition) is 0. The highest BCUT2D eigenvalue weighted by atomic mass is 19.4. The first-order valence-corrected chi connectivity index (χ1v) is 8.56. The number of aryl methyl sites for hydroxylation is 3. The smallest absolute Gasteiger partial charge is 0.256 e. The quantitative estimate of drug-likeness (QED) is 0.535. The van der Waals surface area contributed by atoms with Crippen molar-refractivity contribution in [2.75, 3.05) is 0 Å². The van der Waals surface area contributed by atoms with Crippen molar-refractivity contribution in [3.8, 4) is 11.3 Å². The average molecular weight is 384 g/mol. The molecule has 6 nitrogen and oxygen atoms in total. The molecule has 0 radical (unpaired) electrons. The molecular weight excluding hydrogens is 369 g/mol. The predicted octanol–water partition coefficient (Wildman–Crippen LogP) is 3.85. The number of hydrogen-bond acceptors (Lipinski definition) is 5. The van der Waals surface area contributed by atoms with Gasteiger partial charge in [-0.3, -0.25) is 9.67 Å². The molecule has 3 aromatic heterocycles. The average Bonchev–Trinajstić information content (AvgIpc) is 3.14. The van der Waals surface area contributed by atoms with Gasteiger partial charge in [-0.2, -0.15) is 13.2 Å². The molecular formula is C19H15F3N6. The molecule has 0 N–H and O–H groups in total. The van der Waals surface area contributed by atoms with Gasteiger partial charge >= 0.3 is 6.18 Å². The lowest BCUT2D eigenvalue weighted by Gasteiger charge is -2.08. The molecule has 0 saturated carbocycles. The first-order chi connectivity index (χ1) is 13.4. The highest BCUT2D eigenvalue weighted by molar-refractivity contribution is 5.92. The fraction of sp³-hybridized carbons (Fsp3) is 0.211. The van der Waals surface area contributed by atoms with Gasteiger partial charge in [0.1, 0.15) is 17.2 Å². The summed E-state index contributed by atoms with van der Waals surface area (Å²) in [5.41, 5.74) is 1.75. The molecule has 0 bridgehead atoms. The van der Waals surface area contributed by atoms with Crippen LogP contribution in [0.2, 0.25) is 0 Å². The van der Waals surface area contributed by atoms with Crippen LogP contribution in [0.5, 0.6) is 0 Å². The first kappa shape index (κ1) is 18.0. The summed E-state index contributed by atoms with van der Waals surface area (Å²) in [4.78, 5) is 12.0. The minimum atomic E-state index is -4.49. The Balaban J connectivity index is 1.56. The Morgan fingerprint density at radius 1 is 1.07 bits per heavy atom. The number of pyridine rings is 1. The number of aromatic nitrogens is 6. The summed E-state index contributed by atoms with van der Waals surface area (Å²) < 4.78 is 40.3. The summed E-state index contributed by atoms with van der Waals surface area (Å²) >= 11 is 0. The van der Waals surface area contributed by atoms with E-state index in [0.717, 1.165) is 22.5 Å². The summed E-state index contributed by atoms with van der Waals surface area (Å²) in [5.74, 6) is 0.124. The van der Waals surface area contributed by atoms with E-state index >= 15 is 0 Å². The highest BCUT2D eigenvalue weighted by Gasteiger charge is 2.33. The SMILES string of the molecule is Cc1cc(C(F)(F)F)nc(CCn2cc(-c3ccnc4ccccc34)nn2)n1. The largest absolute Gasteiger partial charge is 0.433 e.